The van der Waals surface area contributed by atoms with E-state index in [4.69, 9.17) is 0 Å². The van der Waals surface area contributed by atoms with Crippen LogP contribution in [0.1, 0.15) is 57.8 Å². The standard InChI is InChI=1S/C20H29NO6/c1-4-7-9-11-13-17(22)21(18(23)14-12-10-8-5-2)16(20(25)26)15-19(24)27-6-3/h4-6,16H,1-3,7-15H2,(H,25,26). The molecule has 0 aliphatic rings. The molecule has 7 nitrogen and oxygen atoms in total. The molecule has 0 heterocycles. The fourth-order valence-corrected chi connectivity index (χ4v) is 2.45. The first kappa shape index (κ1) is 24.3. The number of unbranched alkanes of at least 4 members (excludes halogenated alkanes) is 4. The van der Waals surface area contributed by atoms with Crippen LogP contribution in [0.15, 0.2) is 38.2 Å². The van der Waals surface area contributed by atoms with E-state index in [2.05, 4.69) is 24.5 Å². The minimum absolute atomic E-state index is 0.0204. The topological polar surface area (TPSA) is 101 Å². The number of ether oxygens (including phenoxy) is 1. The van der Waals surface area contributed by atoms with Gasteiger partial charge in [0, 0.05) is 12.8 Å². The lowest BCUT2D eigenvalue weighted by atomic mass is 10.1. The number of carboxylic acids is 1. The molecule has 2 amide bonds. The molecule has 1 N–H and O–H groups in total. The van der Waals surface area contributed by atoms with E-state index in [1.165, 1.54) is 0 Å². The predicted octanol–water partition coefficient (Wildman–Crippen LogP) is 3.36. The molecule has 7 heteroatoms. The number of carbonyl (C=O) groups excluding carboxylic acids is 3. The molecule has 0 aromatic carbocycles. The molecule has 1 atom stereocenters. The van der Waals surface area contributed by atoms with Crippen molar-refractivity contribution < 1.29 is 29.0 Å². The average Bonchev–Trinajstić information content (AvgIpc) is 2.62. The SMILES string of the molecule is C=CCCCCC(=O)N(C(=O)CCCCC=C)C(CC(=O)OC=C)C(=O)O. The van der Waals surface area contributed by atoms with E-state index in [9.17, 15) is 24.3 Å². The van der Waals surface area contributed by atoms with Crippen molar-refractivity contribution in [2.45, 2.75) is 63.8 Å². The fraction of sp³-hybridized carbons (Fsp3) is 0.500. The van der Waals surface area contributed by atoms with Crippen molar-refractivity contribution in [2.75, 3.05) is 0 Å². The summed E-state index contributed by atoms with van der Waals surface area (Å²) in [6, 6.07) is -1.60. The predicted molar refractivity (Wildman–Crippen MR) is 102 cm³/mol. The van der Waals surface area contributed by atoms with Gasteiger partial charge in [0.15, 0.2) is 0 Å². The number of hydrogen-bond acceptors (Lipinski definition) is 5. The first-order valence-electron chi connectivity index (χ1n) is 8.98. The lowest BCUT2D eigenvalue weighted by Crippen LogP contribution is -2.49. The van der Waals surface area contributed by atoms with Gasteiger partial charge in [0.1, 0.15) is 6.04 Å². The number of hydrogen-bond donors (Lipinski definition) is 1. The maximum Gasteiger partial charge on any atom is 0.327 e. The van der Waals surface area contributed by atoms with Crippen LogP contribution in [0.25, 0.3) is 0 Å². The summed E-state index contributed by atoms with van der Waals surface area (Å²) in [4.78, 5) is 49.1. The van der Waals surface area contributed by atoms with Crippen LogP contribution in [0.4, 0.5) is 0 Å². The molecule has 1 unspecified atom stereocenters. The summed E-state index contributed by atoms with van der Waals surface area (Å²) < 4.78 is 4.55. The van der Waals surface area contributed by atoms with Crippen LogP contribution in [0.3, 0.4) is 0 Å². The van der Waals surface area contributed by atoms with Crippen LogP contribution in [-0.4, -0.2) is 39.8 Å². The summed E-state index contributed by atoms with van der Waals surface area (Å²) >= 11 is 0. The van der Waals surface area contributed by atoms with Gasteiger partial charge in [-0.15, -0.1) is 13.2 Å². The van der Waals surface area contributed by atoms with Gasteiger partial charge in [-0.3, -0.25) is 19.3 Å². The third-order valence-corrected chi connectivity index (χ3v) is 3.81. The van der Waals surface area contributed by atoms with E-state index in [1.54, 1.807) is 12.2 Å². The highest BCUT2D eigenvalue weighted by Crippen LogP contribution is 2.15. The zero-order valence-corrected chi connectivity index (χ0v) is 15.7. The second-order valence-electron chi connectivity index (χ2n) is 5.94. The van der Waals surface area contributed by atoms with Crippen molar-refractivity contribution in [3.63, 3.8) is 0 Å². The van der Waals surface area contributed by atoms with E-state index in [0.717, 1.165) is 19.1 Å². The zero-order chi connectivity index (χ0) is 20.7. The molecule has 0 fully saturated rings. The van der Waals surface area contributed by atoms with Crippen LogP contribution in [0.2, 0.25) is 0 Å². The lowest BCUT2D eigenvalue weighted by Gasteiger charge is -2.27. The van der Waals surface area contributed by atoms with Gasteiger partial charge in [0.05, 0.1) is 12.7 Å². The monoisotopic (exact) mass is 379 g/mol. The molecule has 0 bridgehead atoms. The maximum atomic E-state index is 12.5. The Bertz CT molecular complexity index is 527. The molecule has 0 spiro atoms. The van der Waals surface area contributed by atoms with E-state index in [-0.39, 0.29) is 12.8 Å². The molecular formula is C20H29NO6. The van der Waals surface area contributed by atoms with Gasteiger partial charge in [-0.2, -0.15) is 0 Å². The number of rotatable bonds is 15. The molecule has 0 aliphatic heterocycles. The number of carboxylic acid groups (broad SMARTS) is 1. The number of carbonyl (C=O) groups is 4. The summed E-state index contributed by atoms with van der Waals surface area (Å²) in [5.41, 5.74) is 0. The smallest absolute Gasteiger partial charge is 0.327 e. The number of imide groups is 1. The summed E-state index contributed by atoms with van der Waals surface area (Å²) in [5, 5.41) is 9.47. The van der Waals surface area contributed by atoms with Crippen LogP contribution < -0.4 is 0 Å². The first-order chi connectivity index (χ1) is 12.9. The summed E-state index contributed by atoms with van der Waals surface area (Å²) in [5.74, 6) is -3.52. The quantitative estimate of drug-likeness (QED) is 0.203. The van der Waals surface area contributed by atoms with E-state index in [0.29, 0.717) is 30.6 Å². The van der Waals surface area contributed by atoms with Crippen LogP contribution in [-0.2, 0) is 23.9 Å². The highest BCUT2D eigenvalue weighted by atomic mass is 16.5. The van der Waals surface area contributed by atoms with Crippen molar-refractivity contribution in [3.8, 4) is 0 Å². The minimum atomic E-state index is -1.60. The average molecular weight is 379 g/mol. The van der Waals surface area contributed by atoms with Crippen molar-refractivity contribution in [3.05, 3.63) is 38.2 Å². The molecule has 0 aliphatic carbocycles. The molecular weight excluding hydrogens is 350 g/mol. The van der Waals surface area contributed by atoms with Crippen molar-refractivity contribution >= 4 is 23.8 Å². The Morgan fingerprint density at radius 3 is 1.74 bits per heavy atom. The Hall–Kier alpha value is -2.70. The Balaban J connectivity index is 5.26. The molecule has 150 valence electrons. The van der Waals surface area contributed by atoms with Gasteiger partial charge >= 0.3 is 11.9 Å². The normalized spacial score (nSPS) is 11.1. The van der Waals surface area contributed by atoms with Gasteiger partial charge in [-0.1, -0.05) is 18.7 Å². The largest absolute Gasteiger partial charge is 0.480 e. The van der Waals surface area contributed by atoms with Crippen LogP contribution in [0, 0.1) is 0 Å². The molecule has 0 saturated heterocycles. The number of amides is 2. The van der Waals surface area contributed by atoms with E-state index >= 15 is 0 Å². The molecule has 0 aromatic rings. The number of allylic oxidation sites excluding steroid dienone is 2. The van der Waals surface area contributed by atoms with Crippen molar-refractivity contribution in [1.82, 2.24) is 4.90 Å². The minimum Gasteiger partial charge on any atom is -0.480 e. The first-order valence-corrected chi connectivity index (χ1v) is 8.98. The second-order valence-corrected chi connectivity index (χ2v) is 5.94. The van der Waals surface area contributed by atoms with Gasteiger partial charge in [-0.25, -0.2) is 4.79 Å². The summed E-state index contributed by atoms with van der Waals surface area (Å²) in [6.45, 7) is 10.4. The third kappa shape index (κ3) is 10.1. The molecule has 27 heavy (non-hydrogen) atoms. The van der Waals surface area contributed by atoms with Crippen LogP contribution in [0.5, 0.6) is 0 Å². The van der Waals surface area contributed by atoms with Gasteiger partial charge in [0.25, 0.3) is 0 Å². The van der Waals surface area contributed by atoms with Gasteiger partial charge in [0.2, 0.25) is 11.8 Å². The molecule has 0 radical (unpaired) electrons. The van der Waals surface area contributed by atoms with E-state index < -0.39 is 36.2 Å². The zero-order valence-electron chi connectivity index (χ0n) is 15.7. The number of nitrogens with zero attached hydrogens (tertiary/aromatic N) is 1. The second kappa shape index (κ2) is 14.5. The maximum absolute atomic E-state index is 12.5. The fourth-order valence-electron chi connectivity index (χ4n) is 2.45. The Labute approximate surface area is 160 Å². The lowest BCUT2D eigenvalue weighted by molar-refractivity contribution is -0.160. The molecule has 0 rings (SSSR count). The summed E-state index contributed by atoms with van der Waals surface area (Å²) in [7, 11) is 0. The van der Waals surface area contributed by atoms with Crippen molar-refractivity contribution in [2.24, 2.45) is 0 Å². The molecule has 0 aromatic heterocycles. The Morgan fingerprint density at radius 1 is 0.889 bits per heavy atom. The van der Waals surface area contributed by atoms with Crippen molar-refractivity contribution in [1.29, 1.82) is 0 Å². The van der Waals surface area contributed by atoms with E-state index in [1.807, 2.05) is 0 Å². The Morgan fingerprint density at radius 2 is 1.37 bits per heavy atom. The Kier molecular flexibility index (Phi) is 13.0. The van der Waals surface area contributed by atoms with Crippen LogP contribution >= 0.6 is 0 Å². The van der Waals surface area contributed by atoms with Gasteiger partial charge in [-0.05, 0) is 38.5 Å². The number of esters is 1. The molecule has 0 saturated carbocycles. The number of aliphatic carboxylic acids is 1. The highest BCUT2D eigenvalue weighted by molar-refractivity contribution is 6.00. The highest BCUT2D eigenvalue weighted by Gasteiger charge is 2.36. The van der Waals surface area contributed by atoms with Gasteiger partial charge < -0.3 is 9.84 Å². The third-order valence-electron chi connectivity index (χ3n) is 3.81. The summed E-state index contributed by atoms with van der Waals surface area (Å²) in [6.07, 6.45) is 7.56.